The molecule has 0 bridgehead atoms. The first-order chi connectivity index (χ1) is 34.3. The van der Waals surface area contributed by atoms with Gasteiger partial charge in [0.15, 0.2) is 5.78 Å². The minimum Gasteiger partial charge on any atom is -0.508 e. The molecule has 0 unspecified atom stereocenters. The van der Waals surface area contributed by atoms with Gasteiger partial charge in [-0.2, -0.15) is 0 Å². The molecule has 0 atom stereocenters. The molecule has 9 rings (SSSR count). The Kier molecular flexibility index (Phi) is 23.5. The molecule has 1 N–H and O–H groups in total. The van der Waals surface area contributed by atoms with Gasteiger partial charge in [0.25, 0.3) is 5.24 Å². The van der Waals surface area contributed by atoms with Crippen LogP contribution in [0.2, 0.25) is 0 Å². The molecule has 0 fully saturated rings. The maximum absolute atomic E-state index is 13.4. The number of phenolic OH excluding ortho intramolecular Hbond substituents is 1. The third-order valence-electron chi connectivity index (χ3n) is 10.9. The molecule has 2 aromatic heterocycles. The summed E-state index contributed by atoms with van der Waals surface area (Å²) in [6, 6.07) is 46.8. The minimum atomic E-state index is -4.85. The quantitative estimate of drug-likeness (QED) is 0.0732. The summed E-state index contributed by atoms with van der Waals surface area (Å²) >= 11 is 5.22. The number of benzene rings is 7. The third kappa shape index (κ3) is 16.6. The van der Waals surface area contributed by atoms with E-state index >= 15 is 0 Å². The van der Waals surface area contributed by atoms with Crippen LogP contribution in [0.4, 0.5) is 26.3 Å². The van der Waals surface area contributed by atoms with Crippen LogP contribution < -0.4 is 23.7 Å². The molecule has 0 aliphatic heterocycles. The maximum atomic E-state index is 13.4. The van der Waals surface area contributed by atoms with E-state index in [1.807, 2.05) is 72.2 Å². The number of phenols is 1. The highest BCUT2D eigenvalue weighted by molar-refractivity contribution is 6.67. The lowest BCUT2D eigenvalue weighted by molar-refractivity contribution is -0.275. The number of aryl methyl sites for hydroxylation is 1. The molecule has 0 aliphatic carbocycles. The number of halogens is 7. The van der Waals surface area contributed by atoms with Crippen molar-refractivity contribution in [3.8, 4) is 45.9 Å². The highest BCUT2D eigenvalue weighted by Crippen LogP contribution is 2.36. The lowest BCUT2D eigenvalue weighted by atomic mass is 10.0. The zero-order valence-corrected chi connectivity index (χ0v) is 39.5. The van der Waals surface area contributed by atoms with Crippen LogP contribution in [0, 0.1) is 13.8 Å². The fourth-order valence-electron chi connectivity index (χ4n) is 7.76. The molecule has 0 aliphatic rings. The average molecular weight is 1090 g/mol. The molecule has 77 heavy (non-hydrogen) atoms. The largest absolute Gasteiger partial charge is 0.573 e. The summed E-state index contributed by atoms with van der Waals surface area (Å²) in [5, 5.41) is 10.8. The van der Waals surface area contributed by atoms with Gasteiger partial charge >= 0.3 is 12.7 Å². The molecular formula is C60H63ClF6N2O8. The van der Waals surface area contributed by atoms with Crippen LogP contribution in [0.15, 0.2) is 170 Å². The Morgan fingerprint density at radius 1 is 0.532 bits per heavy atom. The second kappa shape index (κ2) is 28.0. The molecule has 410 valence electrons. The smallest absolute Gasteiger partial charge is 0.508 e. The second-order valence-electron chi connectivity index (χ2n) is 15.8. The van der Waals surface area contributed by atoms with Crippen LogP contribution in [0.3, 0.4) is 0 Å². The van der Waals surface area contributed by atoms with Gasteiger partial charge in [-0.3, -0.25) is 9.59 Å². The van der Waals surface area contributed by atoms with E-state index in [1.54, 1.807) is 85.3 Å². The Morgan fingerprint density at radius 3 is 1.57 bits per heavy atom. The van der Waals surface area contributed by atoms with Gasteiger partial charge in [-0.1, -0.05) is 79.6 Å². The summed E-state index contributed by atoms with van der Waals surface area (Å²) < 4.78 is 104. The Morgan fingerprint density at radius 2 is 1.04 bits per heavy atom. The number of methoxy groups -OCH3 is 2. The molecule has 0 spiro atoms. The lowest BCUT2D eigenvalue weighted by Gasteiger charge is -2.13. The fourth-order valence-corrected chi connectivity index (χ4v) is 7.89. The van der Waals surface area contributed by atoms with Crippen LogP contribution in [0.25, 0.3) is 33.2 Å². The number of fused-ring (bicyclic) bond motifs is 2. The molecule has 2 heterocycles. The Bertz CT molecular complexity index is 3340. The number of hydrogen-bond donors (Lipinski definition) is 1. The van der Waals surface area contributed by atoms with Gasteiger partial charge in [-0.05, 0) is 134 Å². The second-order valence-corrected chi connectivity index (χ2v) is 16.1. The first kappa shape index (κ1) is 64.7. The number of ether oxygens (including phenoxy) is 5. The van der Waals surface area contributed by atoms with Crippen molar-refractivity contribution in [2.24, 2.45) is 0 Å². The molecule has 0 radical (unpaired) electrons. The number of ketones is 1. The predicted molar refractivity (Wildman–Crippen MR) is 295 cm³/mol. The molecule has 0 amide bonds. The topological polar surface area (TPSA) is 110 Å². The molecule has 9 aromatic rings. The van der Waals surface area contributed by atoms with Crippen LogP contribution in [-0.4, -0.2) is 52.2 Å². The van der Waals surface area contributed by atoms with Crippen molar-refractivity contribution in [2.75, 3.05) is 14.2 Å². The van der Waals surface area contributed by atoms with Gasteiger partial charge in [-0.15, -0.1) is 26.3 Å². The van der Waals surface area contributed by atoms with E-state index in [-0.39, 0.29) is 54.4 Å². The van der Waals surface area contributed by atoms with Gasteiger partial charge in [0.05, 0.1) is 30.8 Å². The van der Waals surface area contributed by atoms with E-state index in [4.69, 9.17) is 25.8 Å². The van der Waals surface area contributed by atoms with Gasteiger partial charge < -0.3 is 37.9 Å². The first-order valence-electron chi connectivity index (χ1n) is 21.7. The van der Waals surface area contributed by atoms with Crippen molar-refractivity contribution in [3.63, 3.8) is 0 Å². The van der Waals surface area contributed by atoms with E-state index in [0.29, 0.717) is 68.3 Å². The number of hydrogen-bond acceptors (Lipinski definition) is 8. The van der Waals surface area contributed by atoms with Crippen LogP contribution in [-0.2, 0) is 6.61 Å². The van der Waals surface area contributed by atoms with E-state index in [2.05, 4.69) is 9.47 Å². The van der Waals surface area contributed by atoms with Crippen molar-refractivity contribution in [3.05, 3.63) is 203 Å². The monoisotopic (exact) mass is 1090 g/mol. The molecular weight excluding hydrogens is 1030 g/mol. The molecule has 0 saturated heterocycles. The van der Waals surface area contributed by atoms with Crippen molar-refractivity contribution in [1.82, 2.24) is 9.13 Å². The Labute approximate surface area is 450 Å². The van der Waals surface area contributed by atoms with Gasteiger partial charge in [0.2, 0.25) is 0 Å². The number of aromatic hydroxyl groups is 1. The normalized spacial score (nSPS) is 10.5. The zero-order chi connectivity index (χ0) is 51.7. The molecule has 0 saturated carbocycles. The fraction of sp³-hybridized carbons (Fsp3) is 0.200. The minimum absolute atomic E-state index is 0. The summed E-state index contributed by atoms with van der Waals surface area (Å²) in [4.78, 5) is 24.0. The molecule has 10 nitrogen and oxygen atoms in total. The number of alkyl halides is 6. The van der Waals surface area contributed by atoms with Crippen molar-refractivity contribution in [2.45, 2.75) is 70.3 Å². The van der Waals surface area contributed by atoms with Crippen LogP contribution >= 0.6 is 11.6 Å². The van der Waals surface area contributed by atoms with Crippen LogP contribution in [0.5, 0.6) is 34.5 Å². The third-order valence-corrected chi connectivity index (χ3v) is 11.1. The van der Waals surface area contributed by atoms with Gasteiger partial charge in [-0.25, -0.2) is 0 Å². The molecule has 17 heteroatoms. The Balaban J connectivity index is 0.000000419. The SMILES string of the molecule is C.C.C.C.C.COc1ccc(C(=O)Cl)cc1.COc1ccc(C(=O)c2c(C)n(-c3cccc(O)c3)c3cc(OC(F)(F)F)ccc23)cc1.Cc1cc2ccc(OC(F)(F)F)cc2n1-c1cccc(OCc2ccccc2)c1. The van der Waals surface area contributed by atoms with Crippen molar-refractivity contribution < 1.29 is 64.7 Å². The summed E-state index contributed by atoms with van der Waals surface area (Å²) in [7, 11) is 3.09. The summed E-state index contributed by atoms with van der Waals surface area (Å²) in [5.41, 5.74) is 5.93. The summed E-state index contributed by atoms with van der Waals surface area (Å²) in [5.74, 6) is 1.01. The summed E-state index contributed by atoms with van der Waals surface area (Å²) in [6.45, 7) is 4.03. The highest BCUT2D eigenvalue weighted by atomic mass is 35.5. The standard InChI is InChI=1S/C24H18F3NO4.C23H18F3NO2.C8H7ClO2.5CH4/c1-14-22(23(30)15-6-8-18(31-2)9-7-15)20-11-10-19(32-24(25,26)27)13-21(20)28(14)16-4-3-5-17(29)12-16;1-16-12-18-10-11-21(29-23(24,25)26)14-22(18)27(16)19-8-5-9-20(13-19)28-15-17-6-3-2-4-7-17;1-11-7-4-2-6(3-5-7)8(9)10;;;;;/h3-13,29H,1-2H3;2-14H,15H2,1H3;2-5H,1H3;5*1H4. The number of carbonyl (C=O) groups is 2. The average Bonchev–Trinajstić information content (AvgIpc) is 3.84. The molecule has 7 aromatic carbocycles. The number of nitrogens with zero attached hydrogens (tertiary/aromatic N) is 2. The van der Waals surface area contributed by atoms with Crippen molar-refractivity contribution >= 4 is 44.4 Å². The van der Waals surface area contributed by atoms with E-state index < -0.39 is 23.7 Å². The number of carbonyl (C=O) groups excluding carboxylic acids is 2. The van der Waals surface area contributed by atoms with Gasteiger partial charge in [0.1, 0.15) is 41.1 Å². The van der Waals surface area contributed by atoms with E-state index in [0.717, 1.165) is 22.3 Å². The zero-order valence-electron chi connectivity index (χ0n) is 38.7. The number of rotatable bonds is 12. The van der Waals surface area contributed by atoms with E-state index in [1.165, 1.54) is 49.6 Å². The maximum Gasteiger partial charge on any atom is 0.573 e. The first-order valence-corrected chi connectivity index (χ1v) is 22.1. The van der Waals surface area contributed by atoms with E-state index in [9.17, 15) is 41.0 Å². The number of aromatic nitrogens is 2. The van der Waals surface area contributed by atoms with Gasteiger partial charge in [0, 0.05) is 68.9 Å². The predicted octanol–water partition coefficient (Wildman–Crippen LogP) is 17.5. The lowest BCUT2D eigenvalue weighted by Crippen LogP contribution is -2.17. The van der Waals surface area contributed by atoms with Crippen molar-refractivity contribution in [1.29, 1.82) is 0 Å². The highest BCUT2D eigenvalue weighted by Gasteiger charge is 2.33. The van der Waals surface area contributed by atoms with Crippen LogP contribution in [0.1, 0.15) is 80.4 Å². The Hall–Kier alpha value is -8.37. The summed E-state index contributed by atoms with van der Waals surface area (Å²) in [6.07, 6.45) is -9.59.